The van der Waals surface area contributed by atoms with Gasteiger partial charge in [-0.1, -0.05) is 27.5 Å². The quantitative estimate of drug-likeness (QED) is 0.703. The molecule has 1 unspecified atom stereocenters. The number of rotatable bonds is 1. The maximum absolute atomic E-state index is 6.24. The Kier molecular flexibility index (Phi) is 2.14. The fraction of sp³-hybridized carbons (Fsp3) is 0.500. The Bertz CT molecular complexity index is 382. The predicted molar refractivity (Wildman–Crippen MR) is 62.9 cm³/mol. The summed E-state index contributed by atoms with van der Waals surface area (Å²) in [6, 6.07) is 4.30. The van der Waals surface area contributed by atoms with Gasteiger partial charge in [-0.05, 0) is 60.8 Å². The van der Waals surface area contributed by atoms with Crippen LogP contribution in [-0.4, -0.2) is 0 Å². The summed E-state index contributed by atoms with van der Waals surface area (Å²) in [4.78, 5) is 0. The molecule has 0 radical (unpaired) electrons. The van der Waals surface area contributed by atoms with Gasteiger partial charge in [-0.2, -0.15) is 0 Å². The monoisotopic (exact) mass is 270 g/mol. The first-order chi connectivity index (χ1) is 6.75. The zero-order valence-electron chi connectivity index (χ0n) is 7.89. The molecule has 3 rings (SSSR count). The minimum absolute atomic E-state index is 0.806. The highest BCUT2D eigenvalue weighted by molar-refractivity contribution is 9.10. The zero-order chi connectivity index (χ0) is 9.71. The largest absolute Gasteiger partial charge is 0.0840 e. The maximum Gasteiger partial charge on any atom is 0.0452 e. The third kappa shape index (κ3) is 1.42. The van der Waals surface area contributed by atoms with E-state index in [4.69, 9.17) is 11.6 Å². The molecule has 0 spiro atoms. The minimum atomic E-state index is 0.806. The van der Waals surface area contributed by atoms with Gasteiger partial charge in [0.15, 0.2) is 0 Å². The highest BCUT2D eigenvalue weighted by atomic mass is 79.9. The summed E-state index contributed by atoms with van der Waals surface area (Å²) < 4.78 is 1.13. The molecule has 0 saturated heterocycles. The molecule has 1 fully saturated rings. The van der Waals surface area contributed by atoms with E-state index in [0.29, 0.717) is 0 Å². The molecule has 14 heavy (non-hydrogen) atoms. The van der Waals surface area contributed by atoms with E-state index in [0.717, 1.165) is 21.3 Å². The van der Waals surface area contributed by atoms with Gasteiger partial charge < -0.3 is 0 Å². The third-order valence-electron chi connectivity index (χ3n) is 3.49. The smallest absolute Gasteiger partial charge is 0.0452 e. The van der Waals surface area contributed by atoms with Crippen LogP contribution in [0.4, 0.5) is 0 Å². The molecular formula is C12H12BrCl. The Morgan fingerprint density at radius 2 is 2.00 bits per heavy atom. The van der Waals surface area contributed by atoms with E-state index < -0.39 is 0 Å². The number of fused-ring (bicyclic) bond motifs is 1. The SMILES string of the molecule is Clc1cc(Br)cc2c1CCC2C1CC1. The second-order valence-corrected chi connectivity index (χ2v) is 5.76. The number of hydrogen-bond donors (Lipinski definition) is 0. The lowest BCUT2D eigenvalue weighted by Gasteiger charge is -2.10. The molecule has 1 atom stereocenters. The van der Waals surface area contributed by atoms with Gasteiger partial charge in [-0.3, -0.25) is 0 Å². The van der Waals surface area contributed by atoms with Crippen molar-refractivity contribution in [1.82, 2.24) is 0 Å². The summed E-state index contributed by atoms with van der Waals surface area (Å²) in [6.07, 6.45) is 5.35. The van der Waals surface area contributed by atoms with Crippen LogP contribution in [0.1, 0.15) is 36.3 Å². The molecule has 0 bridgehead atoms. The Hall–Kier alpha value is -0.0100. The first kappa shape index (κ1) is 9.23. The van der Waals surface area contributed by atoms with Crippen molar-refractivity contribution in [2.24, 2.45) is 5.92 Å². The summed E-state index contributed by atoms with van der Waals surface area (Å²) in [5.41, 5.74) is 2.93. The first-order valence-electron chi connectivity index (χ1n) is 5.23. The molecule has 2 aliphatic carbocycles. The molecule has 1 aromatic carbocycles. The Morgan fingerprint density at radius 1 is 1.21 bits per heavy atom. The van der Waals surface area contributed by atoms with Gasteiger partial charge in [0, 0.05) is 9.50 Å². The predicted octanol–water partition coefficient (Wildman–Crippen LogP) is 4.54. The van der Waals surface area contributed by atoms with Gasteiger partial charge >= 0.3 is 0 Å². The third-order valence-corrected chi connectivity index (χ3v) is 4.29. The van der Waals surface area contributed by atoms with Crippen molar-refractivity contribution in [3.05, 3.63) is 32.8 Å². The second-order valence-electron chi connectivity index (χ2n) is 4.44. The lowest BCUT2D eigenvalue weighted by molar-refractivity contribution is 0.600. The first-order valence-corrected chi connectivity index (χ1v) is 6.40. The highest BCUT2D eigenvalue weighted by Gasteiger charge is 2.37. The van der Waals surface area contributed by atoms with Crippen molar-refractivity contribution < 1.29 is 0 Å². The molecule has 2 aliphatic rings. The van der Waals surface area contributed by atoms with Crippen LogP contribution >= 0.6 is 27.5 Å². The Labute approximate surface area is 97.8 Å². The molecule has 1 aromatic rings. The summed E-state index contributed by atoms with van der Waals surface area (Å²) in [7, 11) is 0. The van der Waals surface area contributed by atoms with Crippen LogP contribution < -0.4 is 0 Å². The highest BCUT2D eigenvalue weighted by Crippen LogP contribution is 2.51. The molecule has 1 saturated carbocycles. The van der Waals surface area contributed by atoms with Gasteiger partial charge in [0.2, 0.25) is 0 Å². The van der Waals surface area contributed by atoms with Crippen molar-refractivity contribution in [3.63, 3.8) is 0 Å². The molecule has 0 aliphatic heterocycles. The van der Waals surface area contributed by atoms with Gasteiger partial charge in [0.25, 0.3) is 0 Å². The molecular weight excluding hydrogens is 259 g/mol. The van der Waals surface area contributed by atoms with E-state index >= 15 is 0 Å². The Morgan fingerprint density at radius 3 is 2.71 bits per heavy atom. The topological polar surface area (TPSA) is 0 Å². The molecule has 2 heteroatoms. The van der Waals surface area contributed by atoms with Gasteiger partial charge in [0.05, 0.1) is 0 Å². The van der Waals surface area contributed by atoms with E-state index in [1.807, 2.05) is 6.07 Å². The summed E-state index contributed by atoms with van der Waals surface area (Å²) in [5, 5.41) is 0.956. The van der Waals surface area contributed by atoms with E-state index in [2.05, 4.69) is 22.0 Å². The molecule has 0 nitrogen and oxygen atoms in total. The zero-order valence-corrected chi connectivity index (χ0v) is 10.2. The van der Waals surface area contributed by atoms with Crippen molar-refractivity contribution in [3.8, 4) is 0 Å². The second kappa shape index (κ2) is 3.24. The van der Waals surface area contributed by atoms with Crippen LogP contribution in [0.2, 0.25) is 5.02 Å². The number of halogens is 2. The summed E-state index contributed by atoms with van der Waals surface area (Å²) >= 11 is 9.76. The fourth-order valence-electron chi connectivity index (χ4n) is 2.66. The lowest BCUT2D eigenvalue weighted by Crippen LogP contribution is -1.95. The van der Waals surface area contributed by atoms with E-state index in [9.17, 15) is 0 Å². The normalized spacial score (nSPS) is 25.1. The van der Waals surface area contributed by atoms with Crippen molar-refractivity contribution in [2.45, 2.75) is 31.6 Å². The molecule has 0 aromatic heterocycles. The van der Waals surface area contributed by atoms with E-state index in [1.165, 1.54) is 36.8 Å². The lowest BCUT2D eigenvalue weighted by atomic mass is 9.96. The van der Waals surface area contributed by atoms with Crippen molar-refractivity contribution >= 4 is 27.5 Å². The van der Waals surface area contributed by atoms with Gasteiger partial charge in [0.1, 0.15) is 0 Å². The van der Waals surface area contributed by atoms with E-state index in [-0.39, 0.29) is 0 Å². The standard InChI is InChI=1S/C12H12BrCl/c13-8-5-11-9(7-1-2-7)3-4-10(11)12(14)6-8/h5-7,9H,1-4H2. The van der Waals surface area contributed by atoms with Crippen LogP contribution in [0, 0.1) is 5.92 Å². The van der Waals surface area contributed by atoms with Crippen molar-refractivity contribution in [2.75, 3.05) is 0 Å². The number of benzene rings is 1. The fourth-order valence-corrected chi connectivity index (χ4v) is 3.59. The molecule has 0 heterocycles. The number of hydrogen-bond acceptors (Lipinski definition) is 0. The van der Waals surface area contributed by atoms with Crippen LogP contribution in [0.25, 0.3) is 0 Å². The van der Waals surface area contributed by atoms with E-state index in [1.54, 1.807) is 0 Å². The molecule has 74 valence electrons. The minimum Gasteiger partial charge on any atom is -0.0840 e. The van der Waals surface area contributed by atoms with Crippen LogP contribution in [-0.2, 0) is 6.42 Å². The summed E-state index contributed by atoms with van der Waals surface area (Å²) in [6.45, 7) is 0. The average molecular weight is 272 g/mol. The van der Waals surface area contributed by atoms with Gasteiger partial charge in [-0.25, -0.2) is 0 Å². The van der Waals surface area contributed by atoms with Crippen molar-refractivity contribution in [1.29, 1.82) is 0 Å². The summed E-state index contributed by atoms with van der Waals surface area (Å²) in [5.74, 6) is 1.77. The van der Waals surface area contributed by atoms with Crippen LogP contribution in [0.3, 0.4) is 0 Å². The van der Waals surface area contributed by atoms with Crippen LogP contribution in [0.5, 0.6) is 0 Å². The maximum atomic E-state index is 6.24. The van der Waals surface area contributed by atoms with Crippen LogP contribution in [0.15, 0.2) is 16.6 Å². The average Bonchev–Trinajstić information content (AvgIpc) is 2.87. The molecule has 0 N–H and O–H groups in total. The van der Waals surface area contributed by atoms with Gasteiger partial charge in [-0.15, -0.1) is 0 Å². The Balaban J connectivity index is 2.08. The molecule has 0 amide bonds.